The number of unbranched alkanes of at least 4 members (excludes halogenated alkanes) is 9. The first-order valence-electron chi connectivity index (χ1n) is 8.98. The molecule has 0 radical (unpaired) electrons. The summed E-state index contributed by atoms with van der Waals surface area (Å²) in [4.78, 5) is 10.1. The van der Waals surface area contributed by atoms with Crippen molar-refractivity contribution >= 4 is 7.37 Å². The Kier molecular flexibility index (Phi) is 9.90. The third-order valence-electron chi connectivity index (χ3n) is 4.73. The van der Waals surface area contributed by atoms with Gasteiger partial charge in [0.1, 0.15) is 0 Å². The van der Waals surface area contributed by atoms with Gasteiger partial charge in [-0.15, -0.1) is 0 Å². The predicted molar refractivity (Wildman–Crippen MR) is 88.8 cm³/mol. The molecule has 1 aliphatic rings. The second-order valence-electron chi connectivity index (χ2n) is 6.60. The number of hydrogen-bond acceptors (Lipinski definition) is 1. The second-order valence-corrected chi connectivity index (χ2v) is 9.29. The van der Waals surface area contributed by atoms with Crippen molar-refractivity contribution in [1.29, 1.82) is 0 Å². The lowest BCUT2D eigenvalue weighted by Crippen LogP contribution is -2.05. The van der Waals surface area contributed by atoms with Crippen LogP contribution in [0.4, 0.5) is 0 Å². The predicted octanol–water partition coefficient (Wildman–Crippen LogP) is 6.12. The Labute approximate surface area is 126 Å². The molecule has 0 aliphatic heterocycles. The molecule has 2 nitrogen and oxygen atoms in total. The van der Waals surface area contributed by atoms with Crippen LogP contribution in [0, 0.1) is 0 Å². The number of rotatable bonds is 12. The van der Waals surface area contributed by atoms with Crippen molar-refractivity contribution in [3.8, 4) is 0 Å². The van der Waals surface area contributed by atoms with E-state index in [1.165, 1.54) is 51.4 Å². The molecule has 120 valence electrons. The summed E-state index contributed by atoms with van der Waals surface area (Å²) in [5.41, 5.74) is 0.140. The van der Waals surface area contributed by atoms with Gasteiger partial charge in [-0.25, -0.2) is 0 Å². The van der Waals surface area contributed by atoms with E-state index in [-0.39, 0.29) is 5.66 Å². The molecular formula is C17H35O2P. The first-order valence-corrected chi connectivity index (χ1v) is 10.9. The quantitative estimate of drug-likeness (QED) is 0.348. The van der Waals surface area contributed by atoms with Gasteiger partial charge in [-0.1, -0.05) is 77.6 Å². The Morgan fingerprint density at radius 3 is 1.80 bits per heavy atom. The Bertz CT molecular complexity index is 272. The molecule has 0 aromatic heterocycles. The van der Waals surface area contributed by atoms with Crippen molar-refractivity contribution in [3.05, 3.63) is 0 Å². The molecule has 0 aromatic carbocycles. The zero-order valence-corrected chi connectivity index (χ0v) is 14.4. The summed E-state index contributed by atoms with van der Waals surface area (Å²) >= 11 is 0. The highest BCUT2D eigenvalue weighted by Crippen LogP contribution is 2.53. The average molecular weight is 302 g/mol. The van der Waals surface area contributed by atoms with Crippen molar-refractivity contribution in [2.75, 3.05) is 6.16 Å². The molecule has 0 bridgehead atoms. The molecule has 1 saturated carbocycles. The number of hydrogen-bond donors (Lipinski definition) is 1. The second kappa shape index (κ2) is 10.9. The molecule has 20 heavy (non-hydrogen) atoms. The normalized spacial score (nSPS) is 19.3. The molecule has 0 heterocycles. The van der Waals surface area contributed by atoms with E-state index < -0.39 is 7.37 Å². The molecule has 0 aromatic rings. The van der Waals surface area contributed by atoms with Gasteiger partial charge in [-0.3, -0.25) is 4.57 Å². The minimum atomic E-state index is -2.81. The molecule has 0 amide bonds. The van der Waals surface area contributed by atoms with Gasteiger partial charge < -0.3 is 4.89 Å². The van der Waals surface area contributed by atoms with Crippen LogP contribution in [0.3, 0.4) is 0 Å². The first kappa shape index (κ1) is 18.2. The van der Waals surface area contributed by atoms with Gasteiger partial charge in [0.15, 0.2) is 0 Å². The minimum Gasteiger partial charge on any atom is -0.344 e. The minimum absolute atomic E-state index is 0.140. The molecule has 1 aliphatic carbocycles. The van der Waals surface area contributed by atoms with Gasteiger partial charge in [0.05, 0.1) is 0 Å². The fourth-order valence-electron chi connectivity index (χ4n) is 3.32. The monoisotopic (exact) mass is 302 g/mol. The van der Waals surface area contributed by atoms with Gasteiger partial charge in [-0.2, -0.15) is 0 Å². The highest BCUT2D eigenvalue weighted by molar-refractivity contribution is 7.58. The summed E-state index contributed by atoms with van der Waals surface area (Å²) < 4.78 is 12.2. The van der Waals surface area contributed by atoms with Crippen LogP contribution in [0.25, 0.3) is 0 Å². The molecule has 0 saturated heterocycles. The van der Waals surface area contributed by atoms with Crippen molar-refractivity contribution in [2.45, 2.75) is 102 Å². The van der Waals surface area contributed by atoms with Crippen LogP contribution in [0.5, 0.6) is 0 Å². The standard InChI is InChI=1S/C17H35O2P/c1-2-3-4-5-6-7-8-9-10-13-16-20(18,19)17-14-11-12-15-17/h17H,2-16H2,1H3,(H,18,19). The van der Waals surface area contributed by atoms with Crippen molar-refractivity contribution < 1.29 is 9.46 Å². The molecule has 1 N–H and O–H groups in total. The highest BCUT2D eigenvalue weighted by Gasteiger charge is 2.32. The molecular weight excluding hydrogens is 267 g/mol. The van der Waals surface area contributed by atoms with Crippen LogP contribution < -0.4 is 0 Å². The summed E-state index contributed by atoms with van der Waals surface area (Å²) in [6.07, 6.45) is 17.8. The summed E-state index contributed by atoms with van der Waals surface area (Å²) in [6, 6.07) is 0. The van der Waals surface area contributed by atoms with E-state index in [4.69, 9.17) is 0 Å². The van der Waals surface area contributed by atoms with E-state index in [0.717, 1.165) is 38.5 Å². The van der Waals surface area contributed by atoms with E-state index in [1.54, 1.807) is 0 Å². The Hall–Kier alpha value is 0.190. The molecule has 1 fully saturated rings. The Balaban J connectivity index is 1.90. The van der Waals surface area contributed by atoms with Gasteiger partial charge >= 0.3 is 0 Å². The topological polar surface area (TPSA) is 37.3 Å². The summed E-state index contributed by atoms with van der Waals surface area (Å²) in [7, 11) is -2.81. The lowest BCUT2D eigenvalue weighted by Gasteiger charge is -2.17. The van der Waals surface area contributed by atoms with Crippen molar-refractivity contribution in [1.82, 2.24) is 0 Å². The van der Waals surface area contributed by atoms with Crippen LogP contribution in [-0.4, -0.2) is 16.7 Å². The van der Waals surface area contributed by atoms with Crippen LogP contribution in [0.1, 0.15) is 96.8 Å². The van der Waals surface area contributed by atoms with E-state index >= 15 is 0 Å². The lowest BCUT2D eigenvalue weighted by atomic mass is 10.1. The Morgan fingerprint density at radius 1 is 0.850 bits per heavy atom. The first-order chi connectivity index (χ1) is 9.67. The van der Waals surface area contributed by atoms with Crippen LogP contribution in [-0.2, 0) is 4.57 Å². The van der Waals surface area contributed by atoms with Crippen molar-refractivity contribution in [2.24, 2.45) is 0 Å². The van der Waals surface area contributed by atoms with Gasteiger partial charge in [0, 0.05) is 11.8 Å². The van der Waals surface area contributed by atoms with Gasteiger partial charge in [0.25, 0.3) is 0 Å². The lowest BCUT2D eigenvalue weighted by molar-refractivity contribution is 0.458. The van der Waals surface area contributed by atoms with E-state index in [9.17, 15) is 9.46 Å². The maximum absolute atomic E-state index is 12.2. The zero-order chi connectivity index (χ0) is 14.7. The molecule has 3 heteroatoms. The maximum Gasteiger partial charge on any atom is 0.203 e. The summed E-state index contributed by atoms with van der Waals surface area (Å²) in [5, 5.41) is 0. The van der Waals surface area contributed by atoms with E-state index in [0.29, 0.717) is 6.16 Å². The molecule has 0 spiro atoms. The largest absolute Gasteiger partial charge is 0.344 e. The van der Waals surface area contributed by atoms with Crippen molar-refractivity contribution in [3.63, 3.8) is 0 Å². The molecule has 1 rings (SSSR count). The third kappa shape index (κ3) is 7.84. The molecule has 1 atom stereocenters. The highest BCUT2D eigenvalue weighted by atomic mass is 31.2. The van der Waals surface area contributed by atoms with E-state index in [2.05, 4.69) is 6.92 Å². The van der Waals surface area contributed by atoms with Crippen LogP contribution in [0.2, 0.25) is 0 Å². The fourth-order valence-corrected chi connectivity index (χ4v) is 5.53. The third-order valence-corrected chi connectivity index (χ3v) is 7.34. The summed E-state index contributed by atoms with van der Waals surface area (Å²) in [6.45, 7) is 2.26. The maximum atomic E-state index is 12.2. The zero-order valence-electron chi connectivity index (χ0n) is 13.5. The molecule has 1 unspecified atom stereocenters. The van der Waals surface area contributed by atoms with Gasteiger partial charge in [-0.05, 0) is 19.3 Å². The Morgan fingerprint density at radius 2 is 1.30 bits per heavy atom. The van der Waals surface area contributed by atoms with Crippen LogP contribution in [0.15, 0.2) is 0 Å². The van der Waals surface area contributed by atoms with Crippen LogP contribution >= 0.6 is 7.37 Å². The SMILES string of the molecule is CCCCCCCCCCCCP(=O)(O)C1CCCC1. The summed E-state index contributed by atoms with van der Waals surface area (Å²) in [5.74, 6) is 0. The fraction of sp³-hybridized carbons (Fsp3) is 1.00. The smallest absolute Gasteiger partial charge is 0.203 e. The van der Waals surface area contributed by atoms with E-state index in [1.807, 2.05) is 0 Å². The average Bonchev–Trinajstić information content (AvgIpc) is 2.96. The van der Waals surface area contributed by atoms with Gasteiger partial charge in [0.2, 0.25) is 7.37 Å².